The number of amides is 1. The molecule has 28 heavy (non-hydrogen) atoms. The highest BCUT2D eigenvalue weighted by Gasteiger charge is 2.22. The van der Waals surface area contributed by atoms with Gasteiger partial charge in [0, 0.05) is 12.1 Å². The van der Waals surface area contributed by atoms with Gasteiger partial charge in [0.05, 0.1) is 23.3 Å². The van der Waals surface area contributed by atoms with Crippen molar-refractivity contribution in [2.45, 2.75) is 43.0 Å². The van der Waals surface area contributed by atoms with E-state index in [1.54, 1.807) is 18.2 Å². The zero-order valence-electron chi connectivity index (χ0n) is 15.6. The lowest BCUT2D eigenvalue weighted by atomic mass is 9.95. The van der Waals surface area contributed by atoms with E-state index in [0.717, 1.165) is 43.9 Å². The molecule has 0 aliphatic heterocycles. The van der Waals surface area contributed by atoms with Crippen molar-refractivity contribution in [2.75, 3.05) is 11.8 Å². The Morgan fingerprint density at radius 2 is 1.82 bits per heavy atom. The van der Waals surface area contributed by atoms with Crippen LogP contribution < -0.4 is 14.8 Å². The van der Waals surface area contributed by atoms with Gasteiger partial charge in [-0.1, -0.05) is 31.4 Å². The summed E-state index contributed by atoms with van der Waals surface area (Å²) in [5.41, 5.74) is 0.407. The van der Waals surface area contributed by atoms with Crippen LogP contribution in [0.5, 0.6) is 5.75 Å². The molecule has 0 unspecified atom stereocenters. The Balaban J connectivity index is 1.83. The van der Waals surface area contributed by atoms with E-state index in [0.29, 0.717) is 0 Å². The van der Waals surface area contributed by atoms with Gasteiger partial charge in [-0.05, 0) is 37.1 Å². The van der Waals surface area contributed by atoms with E-state index in [2.05, 4.69) is 10.0 Å². The van der Waals surface area contributed by atoms with Gasteiger partial charge in [-0.3, -0.25) is 9.52 Å². The van der Waals surface area contributed by atoms with Gasteiger partial charge >= 0.3 is 0 Å². The van der Waals surface area contributed by atoms with Crippen LogP contribution in [0.15, 0.2) is 47.4 Å². The van der Waals surface area contributed by atoms with Crippen molar-refractivity contribution in [3.05, 3.63) is 53.8 Å². The van der Waals surface area contributed by atoms with Crippen molar-refractivity contribution in [3.8, 4) is 5.75 Å². The largest absolute Gasteiger partial charge is 0.494 e. The number of carbonyl (C=O) groups excluding carboxylic acids is 1. The summed E-state index contributed by atoms with van der Waals surface area (Å²) in [6.45, 7) is 0. The number of hydrogen-bond acceptors (Lipinski definition) is 4. The quantitative estimate of drug-likeness (QED) is 0.766. The Bertz CT molecular complexity index is 956. The minimum Gasteiger partial charge on any atom is -0.494 e. The molecule has 2 N–H and O–H groups in total. The van der Waals surface area contributed by atoms with Crippen LogP contribution in [0.3, 0.4) is 0 Å². The summed E-state index contributed by atoms with van der Waals surface area (Å²) in [5.74, 6) is -1.15. The summed E-state index contributed by atoms with van der Waals surface area (Å²) in [6, 6.07) is 9.78. The van der Waals surface area contributed by atoms with Gasteiger partial charge in [-0.25, -0.2) is 12.8 Å². The van der Waals surface area contributed by atoms with Crippen LogP contribution in [-0.4, -0.2) is 27.5 Å². The molecule has 0 heterocycles. The van der Waals surface area contributed by atoms with E-state index in [1.807, 2.05) is 0 Å². The number of para-hydroxylation sites is 1. The number of ether oxygens (including phenoxy) is 1. The standard InChI is InChI=1S/C20H23FN2O4S/c1-27-19-13-15(11-12-17(19)21)28(25,26)23-18-10-6-5-9-16(18)20(24)22-14-7-3-2-4-8-14/h5-6,9-14,23H,2-4,7-8H2,1H3,(H,22,24). The number of nitrogens with one attached hydrogen (secondary N) is 2. The summed E-state index contributed by atoms with van der Waals surface area (Å²) in [6.07, 6.45) is 5.17. The highest BCUT2D eigenvalue weighted by Crippen LogP contribution is 2.25. The Kier molecular flexibility index (Phi) is 6.18. The molecule has 2 aromatic rings. The van der Waals surface area contributed by atoms with Gasteiger partial charge in [0.2, 0.25) is 0 Å². The Morgan fingerprint density at radius 3 is 2.54 bits per heavy atom. The Labute approximate surface area is 164 Å². The zero-order valence-corrected chi connectivity index (χ0v) is 16.4. The molecule has 3 rings (SSSR count). The predicted molar refractivity (Wildman–Crippen MR) is 105 cm³/mol. The summed E-state index contributed by atoms with van der Waals surface area (Å²) in [4.78, 5) is 12.5. The lowest BCUT2D eigenvalue weighted by molar-refractivity contribution is 0.0928. The second kappa shape index (κ2) is 8.60. The molecular weight excluding hydrogens is 383 g/mol. The number of hydrogen-bond donors (Lipinski definition) is 2. The molecule has 0 bridgehead atoms. The maximum atomic E-state index is 13.6. The third-order valence-electron chi connectivity index (χ3n) is 4.79. The first-order valence-corrected chi connectivity index (χ1v) is 10.7. The van der Waals surface area contributed by atoms with E-state index in [4.69, 9.17) is 4.74 Å². The minimum absolute atomic E-state index is 0.104. The maximum Gasteiger partial charge on any atom is 0.262 e. The molecule has 2 aromatic carbocycles. The normalized spacial score (nSPS) is 15.1. The first kappa shape index (κ1) is 20.1. The van der Waals surface area contributed by atoms with Crippen molar-refractivity contribution in [3.63, 3.8) is 0 Å². The summed E-state index contributed by atoms with van der Waals surface area (Å²) in [7, 11) is -2.77. The van der Waals surface area contributed by atoms with Gasteiger partial charge in [-0.2, -0.15) is 0 Å². The number of anilines is 1. The predicted octanol–water partition coefficient (Wildman–Crippen LogP) is 3.70. The fourth-order valence-corrected chi connectivity index (χ4v) is 4.39. The second-order valence-electron chi connectivity index (χ2n) is 6.76. The smallest absolute Gasteiger partial charge is 0.262 e. The van der Waals surface area contributed by atoms with Crippen LogP contribution in [0, 0.1) is 5.82 Å². The number of sulfonamides is 1. The third-order valence-corrected chi connectivity index (χ3v) is 6.15. The van der Waals surface area contributed by atoms with Gasteiger partial charge in [-0.15, -0.1) is 0 Å². The highest BCUT2D eigenvalue weighted by molar-refractivity contribution is 7.92. The lowest BCUT2D eigenvalue weighted by Crippen LogP contribution is -2.36. The summed E-state index contributed by atoms with van der Waals surface area (Å²) >= 11 is 0. The minimum atomic E-state index is -4.03. The molecule has 0 aromatic heterocycles. The zero-order chi connectivity index (χ0) is 20.1. The van der Waals surface area contributed by atoms with Crippen LogP contribution >= 0.6 is 0 Å². The van der Waals surface area contributed by atoms with Gasteiger partial charge in [0.1, 0.15) is 0 Å². The summed E-state index contributed by atoms with van der Waals surface area (Å²) < 4.78 is 46.3. The van der Waals surface area contributed by atoms with Crippen molar-refractivity contribution in [2.24, 2.45) is 0 Å². The highest BCUT2D eigenvalue weighted by atomic mass is 32.2. The average molecular weight is 406 g/mol. The molecule has 1 aliphatic carbocycles. The lowest BCUT2D eigenvalue weighted by Gasteiger charge is -2.23. The molecule has 8 heteroatoms. The fourth-order valence-electron chi connectivity index (χ4n) is 3.29. The molecule has 0 radical (unpaired) electrons. The molecule has 1 amide bonds. The van der Waals surface area contributed by atoms with E-state index in [1.165, 1.54) is 19.6 Å². The maximum absolute atomic E-state index is 13.6. The van der Waals surface area contributed by atoms with Crippen LogP contribution in [0.4, 0.5) is 10.1 Å². The Hall–Kier alpha value is -2.61. The number of benzene rings is 2. The first-order valence-electron chi connectivity index (χ1n) is 9.17. The van der Waals surface area contributed by atoms with Gasteiger partial charge in [0.25, 0.3) is 15.9 Å². The summed E-state index contributed by atoms with van der Waals surface area (Å²) in [5, 5.41) is 2.98. The number of carbonyl (C=O) groups is 1. The van der Waals surface area contributed by atoms with Gasteiger partial charge in [0.15, 0.2) is 11.6 Å². The SMILES string of the molecule is COc1cc(S(=O)(=O)Nc2ccccc2C(=O)NC2CCCCC2)ccc1F. The van der Waals surface area contributed by atoms with Crippen molar-refractivity contribution < 1.29 is 22.3 Å². The van der Waals surface area contributed by atoms with Crippen LogP contribution in [0.25, 0.3) is 0 Å². The molecular formula is C20H23FN2O4S. The monoisotopic (exact) mass is 406 g/mol. The molecule has 1 saturated carbocycles. The fraction of sp³-hybridized carbons (Fsp3) is 0.350. The second-order valence-corrected chi connectivity index (χ2v) is 8.44. The van der Waals surface area contributed by atoms with E-state index in [-0.39, 0.29) is 33.8 Å². The van der Waals surface area contributed by atoms with E-state index < -0.39 is 15.8 Å². The first-order chi connectivity index (χ1) is 13.4. The van der Waals surface area contributed by atoms with E-state index >= 15 is 0 Å². The van der Waals surface area contributed by atoms with E-state index in [9.17, 15) is 17.6 Å². The number of rotatable bonds is 6. The third kappa shape index (κ3) is 4.62. The van der Waals surface area contributed by atoms with Crippen molar-refractivity contribution in [1.82, 2.24) is 5.32 Å². The molecule has 0 atom stereocenters. The molecule has 0 spiro atoms. The average Bonchev–Trinajstić information content (AvgIpc) is 2.69. The van der Waals surface area contributed by atoms with Crippen LogP contribution in [0.1, 0.15) is 42.5 Å². The topological polar surface area (TPSA) is 84.5 Å². The van der Waals surface area contributed by atoms with Crippen molar-refractivity contribution >= 4 is 21.6 Å². The Morgan fingerprint density at radius 1 is 1.11 bits per heavy atom. The molecule has 0 saturated heterocycles. The van der Waals surface area contributed by atoms with Crippen molar-refractivity contribution in [1.29, 1.82) is 0 Å². The molecule has 150 valence electrons. The molecule has 6 nitrogen and oxygen atoms in total. The number of methoxy groups -OCH3 is 1. The number of halogens is 1. The molecule has 1 fully saturated rings. The van der Waals surface area contributed by atoms with Crippen LogP contribution in [-0.2, 0) is 10.0 Å². The van der Waals surface area contributed by atoms with Gasteiger partial charge < -0.3 is 10.1 Å². The molecule has 1 aliphatic rings. The van der Waals surface area contributed by atoms with Crippen LogP contribution in [0.2, 0.25) is 0 Å².